The lowest BCUT2D eigenvalue weighted by Crippen LogP contribution is -2.31. The van der Waals surface area contributed by atoms with Crippen LogP contribution in [0.3, 0.4) is 0 Å². The first-order chi connectivity index (χ1) is 12.9. The largest absolute Gasteiger partial charge is 0.455 e. The first-order valence-electron chi connectivity index (χ1n) is 8.54. The smallest absolute Gasteiger partial charge is 0.150 e. The minimum atomic E-state index is -0.0773. The second-order valence-corrected chi connectivity index (χ2v) is 6.66. The highest BCUT2D eigenvalue weighted by atomic mass is 16.3. The highest BCUT2D eigenvalue weighted by Gasteiger charge is 2.30. The van der Waals surface area contributed by atoms with Gasteiger partial charge in [0.05, 0.1) is 12.3 Å². The van der Waals surface area contributed by atoms with Crippen LogP contribution in [0.1, 0.15) is 18.2 Å². The molecule has 27 heavy (non-hydrogen) atoms. The number of fused-ring (bicyclic) bond motifs is 1. The molecule has 7 nitrogen and oxygen atoms in total. The Bertz CT molecular complexity index is 1020. The Morgan fingerprint density at radius 2 is 1.78 bits per heavy atom. The first kappa shape index (κ1) is 16.8. The highest BCUT2D eigenvalue weighted by Crippen LogP contribution is 2.29. The summed E-state index contributed by atoms with van der Waals surface area (Å²) in [4.78, 5) is 6.84. The van der Waals surface area contributed by atoms with E-state index in [1.165, 1.54) is 0 Å². The number of nitrogens with two attached hydrogens (primary N) is 2. The number of hydrogen-bond donors (Lipinski definition) is 4. The van der Waals surface area contributed by atoms with Crippen molar-refractivity contribution in [3.05, 3.63) is 71.1 Å². The molecule has 0 bridgehead atoms. The monoisotopic (exact) mass is 360 g/mol. The van der Waals surface area contributed by atoms with E-state index in [0.29, 0.717) is 17.7 Å². The SMILES string of the molecule is CC1=CC(C(=N)N)=CN2CC(c3ccc(-c4ccc(C(=N)N)cc4)o3)=NC12. The zero-order chi connectivity index (χ0) is 19.1. The highest BCUT2D eigenvalue weighted by molar-refractivity contribution is 6.03. The van der Waals surface area contributed by atoms with E-state index in [2.05, 4.69) is 4.90 Å². The fourth-order valence-corrected chi connectivity index (χ4v) is 3.29. The molecule has 0 saturated carbocycles. The van der Waals surface area contributed by atoms with E-state index in [-0.39, 0.29) is 17.8 Å². The molecule has 0 aliphatic carbocycles. The molecule has 1 aromatic carbocycles. The summed E-state index contributed by atoms with van der Waals surface area (Å²) < 4.78 is 6.02. The normalized spacial score (nSPS) is 18.5. The molecule has 2 aliphatic heterocycles. The van der Waals surface area contributed by atoms with Crippen molar-refractivity contribution in [2.24, 2.45) is 16.5 Å². The van der Waals surface area contributed by atoms with Gasteiger partial charge in [-0.1, -0.05) is 24.3 Å². The lowest BCUT2D eigenvalue weighted by Gasteiger charge is -2.26. The second kappa shape index (κ2) is 6.28. The fraction of sp³-hybridized carbons (Fsp3) is 0.150. The third kappa shape index (κ3) is 3.03. The standard InChI is InChI=1S/C20H20N6O/c1-11-8-14(19(23)24)9-26-10-15(25-20(11)26)17-7-6-16(27-17)12-2-4-13(5-3-12)18(21)22/h2-9,20H,10H2,1H3,(H3,21,22)(H3,23,24). The average Bonchev–Trinajstić information content (AvgIpc) is 3.28. The zero-order valence-corrected chi connectivity index (χ0v) is 14.9. The van der Waals surface area contributed by atoms with Gasteiger partial charge in [-0.25, -0.2) is 0 Å². The molecule has 4 rings (SSSR count). The molecule has 0 spiro atoms. The molecule has 1 aromatic heterocycles. The van der Waals surface area contributed by atoms with Crippen molar-refractivity contribution in [2.45, 2.75) is 13.1 Å². The Balaban J connectivity index is 1.58. The van der Waals surface area contributed by atoms with E-state index in [0.717, 1.165) is 28.4 Å². The van der Waals surface area contributed by atoms with Crippen molar-refractivity contribution in [1.29, 1.82) is 10.8 Å². The van der Waals surface area contributed by atoms with Crippen LogP contribution in [0.25, 0.3) is 11.3 Å². The van der Waals surface area contributed by atoms with Gasteiger partial charge in [0.15, 0.2) is 5.76 Å². The number of nitrogens with zero attached hydrogens (tertiary/aromatic N) is 2. The van der Waals surface area contributed by atoms with Crippen molar-refractivity contribution in [1.82, 2.24) is 4.90 Å². The number of furan rings is 1. The minimum Gasteiger partial charge on any atom is -0.455 e. The zero-order valence-electron chi connectivity index (χ0n) is 14.9. The third-order valence-corrected chi connectivity index (χ3v) is 4.70. The molecule has 136 valence electrons. The Morgan fingerprint density at radius 3 is 2.44 bits per heavy atom. The summed E-state index contributed by atoms with van der Waals surface area (Å²) in [6, 6.07) is 11.2. The van der Waals surface area contributed by atoms with Crippen LogP contribution in [0, 0.1) is 10.8 Å². The van der Waals surface area contributed by atoms with Crippen molar-refractivity contribution >= 4 is 17.4 Å². The predicted octanol–water partition coefficient (Wildman–Crippen LogP) is 2.44. The Labute approximate surface area is 156 Å². The fourth-order valence-electron chi connectivity index (χ4n) is 3.29. The molecule has 0 amide bonds. The molecule has 0 saturated heterocycles. The molecule has 2 aliphatic rings. The molecule has 1 atom stereocenters. The quantitative estimate of drug-likeness (QED) is 0.493. The van der Waals surface area contributed by atoms with Crippen molar-refractivity contribution in [2.75, 3.05) is 6.54 Å². The number of amidine groups is 2. The summed E-state index contributed by atoms with van der Waals surface area (Å²) in [5, 5.41) is 15.1. The summed E-state index contributed by atoms with van der Waals surface area (Å²) in [7, 11) is 0. The minimum absolute atomic E-state index is 0.0417. The van der Waals surface area contributed by atoms with E-state index in [9.17, 15) is 0 Å². The van der Waals surface area contributed by atoms with Gasteiger partial charge in [-0.05, 0) is 30.7 Å². The van der Waals surface area contributed by atoms with Crippen LogP contribution < -0.4 is 11.5 Å². The summed E-state index contributed by atoms with van der Waals surface area (Å²) >= 11 is 0. The van der Waals surface area contributed by atoms with Gasteiger partial charge in [0.25, 0.3) is 0 Å². The second-order valence-electron chi connectivity index (χ2n) is 6.66. The average molecular weight is 360 g/mol. The predicted molar refractivity (Wildman–Crippen MR) is 106 cm³/mol. The summed E-state index contributed by atoms with van der Waals surface area (Å²) in [6.45, 7) is 2.59. The van der Waals surface area contributed by atoms with Gasteiger partial charge in [0, 0.05) is 22.9 Å². The Hall–Kier alpha value is -3.61. The van der Waals surface area contributed by atoms with Crippen molar-refractivity contribution < 1.29 is 4.42 Å². The van der Waals surface area contributed by atoms with Crippen LogP contribution in [0.15, 0.2) is 69.2 Å². The van der Waals surface area contributed by atoms with Crippen LogP contribution in [-0.2, 0) is 0 Å². The van der Waals surface area contributed by atoms with Crippen LogP contribution in [0.5, 0.6) is 0 Å². The number of rotatable bonds is 4. The topological polar surface area (TPSA) is 128 Å². The van der Waals surface area contributed by atoms with Crippen LogP contribution in [0.2, 0.25) is 0 Å². The number of aliphatic imine (C=N–C) groups is 1. The molecule has 0 fully saturated rings. The van der Waals surface area contributed by atoms with Gasteiger partial charge in [-0.3, -0.25) is 15.8 Å². The molecular weight excluding hydrogens is 340 g/mol. The van der Waals surface area contributed by atoms with Gasteiger partial charge in [-0.2, -0.15) is 0 Å². The van der Waals surface area contributed by atoms with Crippen molar-refractivity contribution in [3.8, 4) is 11.3 Å². The molecule has 1 unspecified atom stereocenters. The summed E-state index contributed by atoms with van der Waals surface area (Å²) in [5.74, 6) is 1.55. The van der Waals surface area contributed by atoms with E-state index >= 15 is 0 Å². The van der Waals surface area contributed by atoms with E-state index < -0.39 is 0 Å². The molecule has 0 radical (unpaired) electrons. The first-order valence-corrected chi connectivity index (χ1v) is 8.54. The molecule has 6 N–H and O–H groups in total. The third-order valence-electron chi connectivity index (χ3n) is 4.70. The number of benzene rings is 1. The van der Waals surface area contributed by atoms with Gasteiger partial charge in [0.1, 0.15) is 23.6 Å². The van der Waals surface area contributed by atoms with Gasteiger partial charge in [0.2, 0.25) is 0 Å². The maximum atomic E-state index is 7.65. The molecule has 3 heterocycles. The van der Waals surface area contributed by atoms with Gasteiger partial charge < -0.3 is 20.8 Å². The van der Waals surface area contributed by atoms with Gasteiger partial charge in [-0.15, -0.1) is 0 Å². The maximum Gasteiger partial charge on any atom is 0.150 e. The number of nitrogens with one attached hydrogen (secondary N) is 2. The van der Waals surface area contributed by atoms with Crippen molar-refractivity contribution in [3.63, 3.8) is 0 Å². The van der Waals surface area contributed by atoms with E-state index in [1.807, 2.05) is 43.5 Å². The lowest BCUT2D eigenvalue weighted by atomic mass is 10.1. The van der Waals surface area contributed by atoms with E-state index in [4.69, 9.17) is 31.7 Å². The van der Waals surface area contributed by atoms with Crippen LogP contribution in [0.4, 0.5) is 0 Å². The Kier molecular flexibility index (Phi) is 3.92. The summed E-state index contributed by atoms with van der Waals surface area (Å²) in [5.41, 5.74) is 15.3. The molecular formula is C20H20N6O. The van der Waals surface area contributed by atoms with E-state index in [1.54, 1.807) is 12.1 Å². The lowest BCUT2D eigenvalue weighted by molar-refractivity contribution is 0.376. The number of hydrogen-bond acceptors (Lipinski definition) is 5. The van der Waals surface area contributed by atoms with Gasteiger partial charge >= 0.3 is 0 Å². The maximum absolute atomic E-state index is 7.65. The van der Waals surface area contributed by atoms with Crippen LogP contribution >= 0.6 is 0 Å². The molecule has 2 aromatic rings. The molecule has 7 heteroatoms. The number of nitrogen functional groups attached to an aromatic ring is 1. The van der Waals surface area contributed by atoms with Crippen LogP contribution in [-0.4, -0.2) is 35.0 Å². The Morgan fingerprint density at radius 1 is 1.07 bits per heavy atom. The summed E-state index contributed by atoms with van der Waals surface area (Å²) in [6.07, 6.45) is 3.70.